The van der Waals surface area contributed by atoms with E-state index in [-0.39, 0.29) is 10.9 Å². The van der Waals surface area contributed by atoms with Crippen molar-refractivity contribution in [2.75, 3.05) is 5.75 Å². The Bertz CT molecular complexity index is 650. The zero-order chi connectivity index (χ0) is 15.6. The molecule has 1 aliphatic carbocycles. The Balaban J connectivity index is 1.90. The predicted octanol–water partition coefficient (Wildman–Crippen LogP) is 1.09. The molecule has 0 bridgehead atoms. The molecule has 0 unspecified atom stereocenters. The first-order chi connectivity index (χ1) is 9.78. The molecule has 21 heavy (non-hydrogen) atoms. The number of halogens is 1. The first-order valence-corrected chi connectivity index (χ1v) is 8.31. The molecule has 0 saturated heterocycles. The van der Waals surface area contributed by atoms with E-state index in [1.165, 1.54) is 24.3 Å². The lowest BCUT2D eigenvalue weighted by Gasteiger charge is -2.32. The van der Waals surface area contributed by atoms with Gasteiger partial charge in [0.2, 0.25) is 5.91 Å². The molecule has 0 aliphatic heterocycles. The highest BCUT2D eigenvalue weighted by molar-refractivity contribution is 7.92. The van der Waals surface area contributed by atoms with Gasteiger partial charge in [-0.1, -0.05) is 11.6 Å². The van der Waals surface area contributed by atoms with Crippen molar-refractivity contribution in [3.8, 4) is 0 Å². The van der Waals surface area contributed by atoms with Gasteiger partial charge in [0.15, 0.2) is 9.84 Å². The number of carbonyl (C=O) groups excluding carboxylic acids is 1. The van der Waals surface area contributed by atoms with E-state index in [0.717, 1.165) is 0 Å². The highest BCUT2D eigenvalue weighted by atomic mass is 35.5. The van der Waals surface area contributed by atoms with Crippen molar-refractivity contribution in [3.63, 3.8) is 0 Å². The molecule has 1 fully saturated rings. The van der Waals surface area contributed by atoms with E-state index < -0.39 is 33.4 Å². The number of nitrogens with one attached hydrogen (secondary N) is 1. The highest BCUT2D eigenvalue weighted by Gasteiger charge is 2.35. The molecule has 6 nitrogen and oxygen atoms in total. The standard InChI is InChI=1S/C13H14ClNO5S/c14-9-1-3-11(4-2-9)21(19,20)7-12(16)15-10-5-8(6-10)13(17)18/h1-4,8,10H,5-7H2,(H,15,16)(H,17,18). The maximum absolute atomic E-state index is 12.0. The van der Waals surface area contributed by atoms with Crippen molar-refractivity contribution in [2.45, 2.75) is 23.8 Å². The van der Waals surface area contributed by atoms with Gasteiger partial charge >= 0.3 is 5.97 Å². The minimum absolute atomic E-state index is 0.0269. The average Bonchev–Trinajstić information content (AvgIpc) is 2.32. The third-order valence-electron chi connectivity index (χ3n) is 3.35. The topological polar surface area (TPSA) is 101 Å². The molecule has 2 rings (SSSR count). The van der Waals surface area contributed by atoms with Crippen LogP contribution < -0.4 is 5.32 Å². The highest BCUT2D eigenvalue weighted by Crippen LogP contribution is 2.27. The van der Waals surface area contributed by atoms with Gasteiger partial charge in [-0.3, -0.25) is 9.59 Å². The summed E-state index contributed by atoms with van der Waals surface area (Å²) in [6.45, 7) is 0. The lowest BCUT2D eigenvalue weighted by molar-refractivity contribution is -0.146. The van der Waals surface area contributed by atoms with Crippen molar-refractivity contribution in [2.24, 2.45) is 5.92 Å². The molecule has 0 heterocycles. The summed E-state index contributed by atoms with van der Waals surface area (Å²) in [7, 11) is -3.72. The Morgan fingerprint density at radius 3 is 2.33 bits per heavy atom. The van der Waals surface area contributed by atoms with Crippen LogP contribution in [0.25, 0.3) is 0 Å². The molecule has 8 heteroatoms. The minimum Gasteiger partial charge on any atom is -0.481 e. The number of benzene rings is 1. The molecule has 1 aromatic carbocycles. The maximum Gasteiger partial charge on any atom is 0.306 e. The predicted molar refractivity (Wildman–Crippen MR) is 75.8 cm³/mol. The summed E-state index contributed by atoms with van der Waals surface area (Å²) in [5.74, 6) is -2.64. The monoisotopic (exact) mass is 331 g/mol. The summed E-state index contributed by atoms with van der Waals surface area (Å²) in [4.78, 5) is 22.4. The first kappa shape index (κ1) is 15.8. The van der Waals surface area contributed by atoms with Crippen molar-refractivity contribution in [3.05, 3.63) is 29.3 Å². The van der Waals surface area contributed by atoms with Crippen molar-refractivity contribution < 1.29 is 23.1 Å². The largest absolute Gasteiger partial charge is 0.481 e. The number of aliphatic carboxylic acids is 1. The third kappa shape index (κ3) is 3.95. The van der Waals surface area contributed by atoms with Gasteiger partial charge in [0, 0.05) is 11.1 Å². The Hall–Kier alpha value is -1.60. The number of carboxylic acids is 1. The number of sulfone groups is 1. The van der Waals surface area contributed by atoms with E-state index in [4.69, 9.17) is 16.7 Å². The van der Waals surface area contributed by atoms with Crippen LogP contribution in [0.2, 0.25) is 5.02 Å². The van der Waals surface area contributed by atoms with Crippen LogP contribution in [-0.2, 0) is 19.4 Å². The van der Waals surface area contributed by atoms with Crippen LogP contribution in [0.3, 0.4) is 0 Å². The number of carboxylic acid groups (broad SMARTS) is 1. The fourth-order valence-corrected chi connectivity index (χ4v) is 3.38. The van der Waals surface area contributed by atoms with Crippen molar-refractivity contribution >= 4 is 33.3 Å². The third-order valence-corrected chi connectivity index (χ3v) is 5.23. The smallest absolute Gasteiger partial charge is 0.306 e. The molecule has 0 atom stereocenters. The number of amides is 1. The van der Waals surface area contributed by atoms with Gasteiger partial charge in [0.05, 0.1) is 10.8 Å². The number of rotatable bonds is 5. The van der Waals surface area contributed by atoms with Gasteiger partial charge in [-0.2, -0.15) is 0 Å². The van der Waals surface area contributed by atoms with Crippen LogP contribution in [0.15, 0.2) is 29.2 Å². The van der Waals surface area contributed by atoms with Crippen LogP contribution >= 0.6 is 11.6 Å². The fraction of sp³-hybridized carbons (Fsp3) is 0.385. The van der Waals surface area contributed by atoms with Crippen LogP contribution in [0.4, 0.5) is 0 Å². The second kappa shape index (κ2) is 6.03. The minimum atomic E-state index is -3.72. The van der Waals surface area contributed by atoms with E-state index in [2.05, 4.69) is 5.32 Å². The Morgan fingerprint density at radius 1 is 1.24 bits per heavy atom. The number of carbonyl (C=O) groups is 2. The lowest BCUT2D eigenvalue weighted by atomic mass is 9.80. The van der Waals surface area contributed by atoms with Crippen LogP contribution in [0.5, 0.6) is 0 Å². The average molecular weight is 332 g/mol. The maximum atomic E-state index is 12.0. The zero-order valence-corrected chi connectivity index (χ0v) is 12.5. The van der Waals surface area contributed by atoms with Gasteiger partial charge in [0.25, 0.3) is 0 Å². The molecule has 1 aliphatic rings. The molecule has 1 amide bonds. The number of hydrogen-bond donors (Lipinski definition) is 2. The zero-order valence-electron chi connectivity index (χ0n) is 11.0. The Labute approximate surface area is 127 Å². The normalized spacial score (nSPS) is 21.4. The summed E-state index contributed by atoms with van der Waals surface area (Å²) in [6.07, 6.45) is 0.671. The Kier molecular flexibility index (Phi) is 4.53. The molecular formula is C13H14ClNO5S. The molecule has 0 spiro atoms. The second-order valence-electron chi connectivity index (χ2n) is 4.98. The summed E-state index contributed by atoms with van der Waals surface area (Å²) in [5, 5.41) is 11.7. The Morgan fingerprint density at radius 2 is 1.81 bits per heavy atom. The SMILES string of the molecule is O=C(CS(=O)(=O)c1ccc(Cl)cc1)NC1CC(C(=O)O)C1. The van der Waals surface area contributed by atoms with Gasteiger partial charge in [-0.25, -0.2) is 8.42 Å². The van der Waals surface area contributed by atoms with Crippen molar-refractivity contribution in [1.82, 2.24) is 5.32 Å². The van der Waals surface area contributed by atoms with Gasteiger partial charge in [-0.15, -0.1) is 0 Å². The fourth-order valence-electron chi connectivity index (χ4n) is 2.10. The van der Waals surface area contributed by atoms with E-state index in [1.807, 2.05) is 0 Å². The van der Waals surface area contributed by atoms with E-state index in [9.17, 15) is 18.0 Å². The first-order valence-electron chi connectivity index (χ1n) is 6.28. The van der Waals surface area contributed by atoms with E-state index in [1.54, 1.807) is 0 Å². The van der Waals surface area contributed by atoms with Gasteiger partial charge in [0.1, 0.15) is 5.75 Å². The van der Waals surface area contributed by atoms with Crippen LogP contribution in [-0.4, -0.2) is 37.2 Å². The summed E-state index contributed by atoms with van der Waals surface area (Å²) < 4.78 is 24.0. The summed E-state index contributed by atoms with van der Waals surface area (Å²) >= 11 is 5.68. The lowest BCUT2D eigenvalue weighted by Crippen LogP contribution is -2.48. The van der Waals surface area contributed by atoms with Crippen molar-refractivity contribution in [1.29, 1.82) is 0 Å². The number of hydrogen-bond acceptors (Lipinski definition) is 4. The molecular weight excluding hydrogens is 318 g/mol. The van der Waals surface area contributed by atoms with E-state index in [0.29, 0.717) is 17.9 Å². The molecule has 2 N–H and O–H groups in total. The quantitative estimate of drug-likeness (QED) is 0.841. The second-order valence-corrected chi connectivity index (χ2v) is 7.41. The molecule has 114 valence electrons. The van der Waals surface area contributed by atoms with Crippen LogP contribution in [0, 0.1) is 5.92 Å². The molecule has 1 aromatic rings. The summed E-state index contributed by atoms with van der Waals surface area (Å²) in [5.41, 5.74) is 0. The molecule has 0 radical (unpaired) electrons. The van der Waals surface area contributed by atoms with E-state index >= 15 is 0 Å². The van der Waals surface area contributed by atoms with Crippen LogP contribution in [0.1, 0.15) is 12.8 Å². The summed E-state index contributed by atoms with van der Waals surface area (Å²) in [6, 6.07) is 5.30. The molecule has 1 saturated carbocycles. The molecule has 0 aromatic heterocycles. The van der Waals surface area contributed by atoms with Gasteiger partial charge in [-0.05, 0) is 37.1 Å². The van der Waals surface area contributed by atoms with Gasteiger partial charge < -0.3 is 10.4 Å².